The highest BCUT2D eigenvalue weighted by Crippen LogP contribution is 2.29. The van der Waals surface area contributed by atoms with Crippen molar-refractivity contribution in [3.8, 4) is 5.75 Å². The molecule has 0 aliphatic carbocycles. The van der Waals surface area contributed by atoms with Crippen molar-refractivity contribution in [3.63, 3.8) is 0 Å². The van der Waals surface area contributed by atoms with Gasteiger partial charge < -0.3 is 4.18 Å². The molecule has 0 aliphatic heterocycles. The van der Waals surface area contributed by atoms with Crippen molar-refractivity contribution in [3.05, 3.63) is 62.1 Å². The Morgan fingerprint density at radius 3 is 2.32 bits per heavy atom. The van der Waals surface area contributed by atoms with Gasteiger partial charge in [0.15, 0.2) is 0 Å². The number of nitro groups is 1. The highest BCUT2D eigenvalue weighted by atomic mass is 35.5. The van der Waals surface area contributed by atoms with Gasteiger partial charge in [0.05, 0.1) is 15.0 Å². The lowest BCUT2D eigenvalue weighted by Crippen LogP contribution is -2.10. The number of hydrogen-bond donors (Lipinski definition) is 0. The highest BCUT2D eigenvalue weighted by Gasteiger charge is 2.20. The van der Waals surface area contributed by atoms with Crippen LogP contribution in [0.2, 0.25) is 10.0 Å². The molecule has 0 heterocycles. The minimum atomic E-state index is -4.13. The Kier molecular flexibility index (Phi) is 4.60. The van der Waals surface area contributed by atoms with Crippen LogP contribution in [0, 0.1) is 17.0 Å². The summed E-state index contributed by atoms with van der Waals surface area (Å²) < 4.78 is 29.3. The van der Waals surface area contributed by atoms with Gasteiger partial charge in [-0.25, -0.2) is 0 Å². The molecule has 0 saturated carbocycles. The number of rotatable bonds is 4. The van der Waals surface area contributed by atoms with Crippen LogP contribution in [0.1, 0.15) is 5.56 Å². The van der Waals surface area contributed by atoms with E-state index in [1.165, 1.54) is 31.2 Å². The average molecular weight is 362 g/mol. The molecule has 0 amide bonds. The van der Waals surface area contributed by atoms with Crippen molar-refractivity contribution in [1.82, 2.24) is 0 Å². The van der Waals surface area contributed by atoms with Crippen LogP contribution in [0.4, 0.5) is 5.69 Å². The van der Waals surface area contributed by atoms with Gasteiger partial charge in [-0.1, -0.05) is 23.2 Å². The standard InChI is InChI=1S/C13H9Cl2NO5S/c1-8-6-10(3-5-13(8)16(17)18)22(19,20)21-9-2-4-11(14)12(15)7-9/h2-7H,1H3. The Balaban J connectivity index is 2.36. The lowest BCUT2D eigenvalue weighted by atomic mass is 10.2. The van der Waals surface area contributed by atoms with Gasteiger partial charge in [0, 0.05) is 17.7 Å². The molecule has 0 bridgehead atoms. The highest BCUT2D eigenvalue weighted by molar-refractivity contribution is 7.87. The first-order chi connectivity index (χ1) is 10.2. The van der Waals surface area contributed by atoms with Gasteiger partial charge in [-0.15, -0.1) is 0 Å². The third-order valence-electron chi connectivity index (χ3n) is 2.75. The third kappa shape index (κ3) is 3.49. The number of nitrogens with zero attached hydrogens (tertiary/aromatic N) is 1. The fourth-order valence-electron chi connectivity index (χ4n) is 1.69. The first kappa shape index (κ1) is 16.5. The van der Waals surface area contributed by atoms with Crippen molar-refractivity contribution in [2.45, 2.75) is 11.8 Å². The molecule has 0 unspecified atom stereocenters. The van der Waals surface area contributed by atoms with E-state index in [0.29, 0.717) is 0 Å². The van der Waals surface area contributed by atoms with E-state index in [0.717, 1.165) is 12.1 Å². The zero-order chi connectivity index (χ0) is 16.5. The monoisotopic (exact) mass is 361 g/mol. The van der Waals surface area contributed by atoms with Crippen molar-refractivity contribution in [2.24, 2.45) is 0 Å². The van der Waals surface area contributed by atoms with E-state index < -0.39 is 15.0 Å². The lowest BCUT2D eigenvalue weighted by Gasteiger charge is -2.08. The second kappa shape index (κ2) is 6.12. The van der Waals surface area contributed by atoms with E-state index in [2.05, 4.69) is 0 Å². The maximum Gasteiger partial charge on any atom is 0.339 e. The molecule has 116 valence electrons. The minimum absolute atomic E-state index is 0.00888. The van der Waals surface area contributed by atoms with Gasteiger partial charge >= 0.3 is 10.1 Å². The summed E-state index contributed by atoms with van der Waals surface area (Å²) in [5.41, 5.74) is 0.0392. The molecule has 9 heteroatoms. The largest absolute Gasteiger partial charge is 0.379 e. The number of benzene rings is 2. The van der Waals surface area contributed by atoms with Crippen LogP contribution in [0.15, 0.2) is 41.3 Å². The molecular weight excluding hydrogens is 353 g/mol. The average Bonchev–Trinajstić information content (AvgIpc) is 2.42. The fourth-order valence-corrected chi connectivity index (χ4v) is 2.99. The topological polar surface area (TPSA) is 86.5 Å². The number of halogens is 2. The van der Waals surface area contributed by atoms with Gasteiger partial charge in [-0.05, 0) is 31.2 Å². The molecule has 0 N–H and O–H groups in total. The van der Waals surface area contributed by atoms with Crippen molar-refractivity contribution in [1.29, 1.82) is 0 Å². The second-order valence-electron chi connectivity index (χ2n) is 4.32. The lowest BCUT2D eigenvalue weighted by molar-refractivity contribution is -0.385. The maximum absolute atomic E-state index is 12.2. The predicted octanol–water partition coefficient (Wildman–Crippen LogP) is 3.98. The van der Waals surface area contributed by atoms with Crippen molar-refractivity contribution in [2.75, 3.05) is 0 Å². The SMILES string of the molecule is Cc1cc(S(=O)(=O)Oc2ccc(Cl)c(Cl)c2)ccc1[N+](=O)[O-]. The maximum atomic E-state index is 12.2. The summed E-state index contributed by atoms with van der Waals surface area (Å²) in [6.07, 6.45) is 0. The first-order valence-electron chi connectivity index (χ1n) is 5.85. The van der Waals surface area contributed by atoms with Gasteiger partial charge in [-0.2, -0.15) is 8.42 Å². The van der Waals surface area contributed by atoms with Gasteiger partial charge in [0.2, 0.25) is 0 Å². The summed E-state index contributed by atoms with van der Waals surface area (Å²) in [6.45, 7) is 1.44. The Bertz CT molecular complexity index is 852. The Labute approximate surface area is 136 Å². The molecule has 22 heavy (non-hydrogen) atoms. The van der Waals surface area contributed by atoms with E-state index in [1.807, 2.05) is 0 Å². The molecular formula is C13H9Cl2NO5S. The van der Waals surface area contributed by atoms with E-state index in [1.54, 1.807) is 0 Å². The number of hydrogen-bond acceptors (Lipinski definition) is 5. The predicted molar refractivity (Wildman–Crippen MR) is 82.1 cm³/mol. The Morgan fingerprint density at radius 1 is 1.09 bits per heavy atom. The summed E-state index contributed by atoms with van der Waals surface area (Å²) in [4.78, 5) is 9.96. The molecule has 0 saturated heterocycles. The van der Waals surface area contributed by atoms with Gasteiger partial charge in [-0.3, -0.25) is 10.1 Å². The summed E-state index contributed by atoms with van der Waals surface area (Å²) in [7, 11) is -4.13. The molecule has 0 fully saturated rings. The summed E-state index contributed by atoms with van der Waals surface area (Å²) >= 11 is 11.5. The smallest absolute Gasteiger partial charge is 0.339 e. The molecule has 0 aromatic heterocycles. The van der Waals surface area contributed by atoms with Crippen LogP contribution in [0.5, 0.6) is 5.75 Å². The van der Waals surface area contributed by atoms with E-state index in [-0.39, 0.29) is 31.9 Å². The minimum Gasteiger partial charge on any atom is -0.379 e. The number of nitro benzene ring substituents is 1. The quantitative estimate of drug-likeness (QED) is 0.467. The van der Waals surface area contributed by atoms with Crippen molar-refractivity contribution >= 4 is 39.0 Å². The Hall–Kier alpha value is -1.83. The van der Waals surface area contributed by atoms with Crippen LogP contribution in [-0.4, -0.2) is 13.3 Å². The second-order valence-corrected chi connectivity index (χ2v) is 6.68. The van der Waals surface area contributed by atoms with Crippen molar-refractivity contribution < 1.29 is 17.5 Å². The van der Waals surface area contributed by atoms with Crippen LogP contribution in [-0.2, 0) is 10.1 Å². The molecule has 0 atom stereocenters. The van der Waals surface area contributed by atoms with E-state index in [9.17, 15) is 18.5 Å². The van der Waals surface area contributed by atoms with Gasteiger partial charge in [0.1, 0.15) is 10.6 Å². The zero-order valence-corrected chi connectivity index (χ0v) is 13.4. The third-order valence-corrected chi connectivity index (χ3v) is 4.73. The van der Waals surface area contributed by atoms with E-state index in [4.69, 9.17) is 27.4 Å². The summed E-state index contributed by atoms with van der Waals surface area (Å²) in [5, 5.41) is 11.1. The normalized spacial score (nSPS) is 11.2. The summed E-state index contributed by atoms with van der Waals surface area (Å²) in [6, 6.07) is 7.41. The molecule has 2 rings (SSSR count). The summed E-state index contributed by atoms with van der Waals surface area (Å²) in [5.74, 6) is -0.00888. The van der Waals surface area contributed by atoms with E-state index >= 15 is 0 Å². The van der Waals surface area contributed by atoms with Crippen LogP contribution in [0.3, 0.4) is 0 Å². The molecule has 0 spiro atoms. The fraction of sp³-hybridized carbons (Fsp3) is 0.0769. The molecule has 0 radical (unpaired) electrons. The number of aryl methyl sites for hydroxylation is 1. The molecule has 0 aliphatic rings. The molecule has 2 aromatic carbocycles. The van der Waals surface area contributed by atoms with Gasteiger partial charge in [0.25, 0.3) is 5.69 Å². The van der Waals surface area contributed by atoms with Crippen LogP contribution in [0.25, 0.3) is 0 Å². The zero-order valence-electron chi connectivity index (χ0n) is 11.1. The molecule has 6 nitrogen and oxygen atoms in total. The first-order valence-corrected chi connectivity index (χ1v) is 8.02. The molecule has 2 aromatic rings. The van der Waals surface area contributed by atoms with Crippen LogP contribution < -0.4 is 4.18 Å². The Morgan fingerprint density at radius 2 is 1.77 bits per heavy atom. The van der Waals surface area contributed by atoms with Crippen LogP contribution >= 0.6 is 23.2 Å².